The van der Waals surface area contributed by atoms with E-state index in [1.807, 2.05) is 36.4 Å². The zero-order valence-electron chi connectivity index (χ0n) is 21.2. The summed E-state index contributed by atoms with van der Waals surface area (Å²) in [6.45, 7) is 3.09. The predicted molar refractivity (Wildman–Crippen MR) is 157 cm³/mol. The highest BCUT2D eigenvalue weighted by Gasteiger charge is 2.36. The molecule has 0 saturated carbocycles. The fraction of sp³-hybridized carbons (Fsp3) is 0.182. The number of nitrogens with one attached hydrogen (secondary N) is 2. The summed E-state index contributed by atoms with van der Waals surface area (Å²) in [6, 6.07) is 31.1. The molecule has 4 nitrogen and oxygen atoms in total. The minimum atomic E-state index is -0.243. The Bertz CT molecular complexity index is 1750. The van der Waals surface area contributed by atoms with Crippen LogP contribution in [0.25, 0.3) is 21.8 Å². The highest BCUT2D eigenvalue weighted by atomic mass is 35.5. The first kappa shape index (κ1) is 23.1. The number of hydrogen-bond acceptors (Lipinski definition) is 3. The molecule has 1 aliphatic carbocycles. The number of rotatable bonds is 3. The van der Waals surface area contributed by atoms with Gasteiger partial charge in [-0.05, 0) is 72.9 Å². The molecule has 0 saturated heterocycles. The van der Waals surface area contributed by atoms with Gasteiger partial charge in [-0.3, -0.25) is 4.79 Å². The van der Waals surface area contributed by atoms with Crippen LogP contribution in [0.2, 0.25) is 5.02 Å². The quantitative estimate of drug-likeness (QED) is 0.252. The number of aromatic nitrogens is 1. The number of allylic oxidation sites excluding steroid dienone is 1. The van der Waals surface area contributed by atoms with E-state index in [2.05, 4.69) is 76.7 Å². The molecule has 7 rings (SSSR count). The molecule has 2 heterocycles. The van der Waals surface area contributed by atoms with Crippen LogP contribution in [0.4, 0.5) is 11.4 Å². The number of anilines is 2. The van der Waals surface area contributed by atoms with Crippen LogP contribution in [0.5, 0.6) is 0 Å². The summed E-state index contributed by atoms with van der Waals surface area (Å²) in [4.78, 5) is 13.9. The summed E-state index contributed by atoms with van der Waals surface area (Å²) in [5.74, 6) is 0.294. The molecule has 0 radical (unpaired) electrons. The smallest absolute Gasteiger partial charge is 0.163 e. The molecule has 0 bridgehead atoms. The van der Waals surface area contributed by atoms with Crippen molar-refractivity contribution < 1.29 is 4.79 Å². The molecule has 2 aliphatic rings. The van der Waals surface area contributed by atoms with Crippen LogP contribution in [0.1, 0.15) is 42.9 Å². The summed E-state index contributed by atoms with van der Waals surface area (Å²) in [5.41, 5.74) is 8.53. The zero-order chi connectivity index (χ0) is 25.8. The van der Waals surface area contributed by atoms with Crippen molar-refractivity contribution in [3.05, 3.63) is 118 Å². The number of carbonyl (C=O) groups excluding carboxylic acids is 1. The van der Waals surface area contributed by atoms with Crippen LogP contribution in [0, 0.1) is 0 Å². The van der Waals surface area contributed by atoms with Crippen LogP contribution in [-0.2, 0) is 11.3 Å². The second kappa shape index (κ2) is 9.07. The molecule has 0 unspecified atom stereocenters. The second-order valence-corrected chi connectivity index (χ2v) is 10.7. The first-order valence-electron chi connectivity index (χ1n) is 13.3. The first-order valence-corrected chi connectivity index (χ1v) is 13.6. The minimum absolute atomic E-state index is 0.113. The highest BCUT2D eigenvalue weighted by molar-refractivity contribution is 6.30. The summed E-state index contributed by atoms with van der Waals surface area (Å²) in [7, 11) is 0. The number of ketones is 1. The molecule has 0 fully saturated rings. The van der Waals surface area contributed by atoms with E-state index in [0.717, 1.165) is 46.7 Å². The minimum Gasteiger partial charge on any atom is -0.372 e. The number of halogens is 1. The summed E-state index contributed by atoms with van der Waals surface area (Å²) in [5, 5.41) is 10.6. The molecule has 4 aromatic carbocycles. The van der Waals surface area contributed by atoms with Crippen molar-refractivity contribution in [2.24, 2.45) is 0 Å². The summed E-state index contributed by atoms with van der Waals surface area (Å²) in [6.07, 6.45) is 1.25. The number of para-hydroxylation sites is 3. The number of nitrogens with zero attached hydrogens (tertiary/aromatic N) is 1. The lowest BCUT2D eigenvalue weighted by atomic mass is 9.78. The molecule has 38 heavy (non-hydrogen) atoms. The van der Waals surface area contributed by atoms with Crippen LogP contribution < -0.4 is 10.6 Å². The second-order valence-electron chi connectivity index (χ2n) is 10.3. The van der Waals surface area contributed by atoms with Gasteiger partial charge >= 0.3 is 0 Å². The maximum absolute atomic E-state index is 13.9. The average molecular weight is 518 g/mol. The number of carbonyl (C=O) groups is 1. The van der Waals surface area contributed by atoms with E-state index >= 15 is 0 Å². The first-order chi connectivity index (χ1) is 18.6. The lowest BCUT2D eigenvalue weighted by Gasteiger charge is -2.30. The molecule has 0 spiro atoms. The van der Waals surface area contributed by atoms with Crippen molar-refractivity contribution >= 4 is 50.6 Å². The normalized spacial score (nSPS) is 19.1. The molecule has 0 amide bonds. The Labute approximate surface area is 226 Å². The SMILES string of the molecule is CCn1c2ccccc2c2cc([C@@H]3Nc4ccccc4NC4=C3C(=O)C[C@H](c3ccc(Cl)cc3)C4)ccc21. The van der Waals surface area contributed by atoms with Gasteiger partial charge < -0.3 is 15.2 Å². The molecule has 188 valence electrons. The molecule has 1 aromatic heterocycles. The van der Waals surface area contributed by atoms with Crippen molar-refractivity contribution in [2.45, 2.75) is 38.3 Å². The topological polar surface area (TPSA) is 46.1 Å². The zero-order valence-corrected chi connectivity index (χ0v) is 21.9. The highest BCUT2D eigenvalue weighted by Crippen LogP contribution is 2.45. The van der Waals surface area contributed by atoms with Crippen LogP contribution in [0.3, 0.4) is 0 Å². The van der Waals surface area contributed by atoms with Gasteiger partial charge in [0.25, 0.3) is 0 Å². The maximum Gasteiger partial charge on any atom is 0.163 e. The molecule has 1 aliphatic heterocycles. The molecular formula is C33H28ClN3O. The molecule has 2 atom stereocenters. The number of benzene rings is 4. The Balaban J connectivity index is 1.38. The van der Waals surface area contributed by atoms with Crippen molar-refractivity contribution in [1.29, 1.82) is 0 Å². The summed E-state index contributed by atoms with van der Waals surface area (Å²) < 4.78 is 2.36. The van der Waals surface area contributed by atoms with Gasteiger partial charge in [0.1, 0.15) is 0 Å². The van der Waals surface area contributed by atoms with Gasteiger partial charge in [0.05, 0.1) is 17.4 Å². The Kier molecular flexibility index (Phi) is 5.52. The summed E-state index contributed by atoms with van der Waals surface area (Å²) >= 11 is 6.14. The third-order valence-electron chi connectivity index (χ3n) is 8.10. The molecular weight excluding hydrogens is 490 g/mol. The number of fused-ring (bicyclic) bond motifs is 4. The van der Waals surface area contributed by atoms with E-state index in [9.17, 15) is 4.79 Å². The number of Topliss-reactive ketones (excluding diaryl/α,β-unsaturated/α-hetero) is 1. The van der Waals surface area contributed by atoms with E-state index in [1.54, 1.807) is 0 Å². The fourth-order valence-corrected chi connectivity index (χ4v) is 6.43. The molecule has 5 aromatic rings. The largest absolute Gasteiger partial charge is 0.372 e. The Morgan fingerprint density at radius 3 is 2.34 bits per heavy atom. The maximum atomic E-state index is 13.9. The van der Waals surface area contributed by atoms with Gasteiger partial charge in [-0.25, -0.2) is 0 Å². The third-order valence-corrected chi connectivity index (χ3v) is 8.35. The van der Waals surface area contributed by atoms with E-state index in [-0.39, 0.29) is 17.7 Å². The van der Waals surface area contributed by atoms with Crippen LogP contribution in [0.15, 0.2) is 102 Å². The van der Waals surface area contributed by atoms with E-state index in [4.69, 9.17) is 11.6 Å². The average Bonchev–Trinajstić information content (AvgIpc) is 3.15. The van der Waals surface area contributed by atoms with Crippen molar-refractivity contribution in [2.75, 3.05) is 10.6 Å². The van der Waals surface area contributed by atoms with Crippen LogP contribution >= 0.6 is 11.6 Å². The molecule has 5 heteroatoms. The van der Waals surface area contributed by atoms with Crippen molar-refractivity contribution in [1.82, 2.24) is 4.57 Å². The lowest BCUT2D eigenvalue weighted by molar-refractivity contribution is -0.116. The van der Waals surface area contributed by atoms with Gasteiger partial charge in [0.15, 0.2) is 5.78 Å². The lowest BCUT2D eigenvalue weighted by Crippen LogP contribution is -2.26. The Morgan fingerprint density at radius 1 is 0.816 bits per heavy atom. The van der Waals surface area contributed by atoms with Crippen molar-refractivity contribution in [3.8, 4) is 0 Å². The van der Waals surface area contributed by atoms with Gasteiger partial charge in [0, 0.05) is 51.1 Å². The number of hydrogen-bond donors (Lipinski definition) is 2. The van der Waals surface area contributed by atoms with Gasteiger partial charge in [0.2, 0.25) is 0 Å². The Hall–Kier alpha value is -4.02. The van der Waals surface area contributed by atoms with Gasteiger partial charge in [-0.2, -0.15) is 0 Å². The predicted octanol–water partition coefficient (Wildman–Crippen LogP) is 8.45. The van der Waals surface area contributed by atoms with Gasteiger partial charge in [-0.1, -0.05) is 60.1 Å². The van der Waals surface area contributed by atoms with E-state index in [1.165, 1.54) is 21.8 Å². The molecule has 2 N–H and O–H groups in total. The van der Waals surface area contributed by atoms with Crippen LogP contribution in [-0.4, -0.2) is 10.4 Å². The van der Waals surface area contributed by atoms with Gasteiger partial charge in [-0.15, -0.1) is 0 Å². The monoisotopic (exact) mass is 517 g/mol. The Morgan fingerprint density at radius 2 is 1.53 bits per heavy atom. The van der Waals surface area contributed by atoms with E-state index in [0.29, 0.717) is 11.4 Å². The van der Waals surface area contributed by atoms with E-state index < -0.39 is 0 Å². The number of aryl methyl sites for hydroxylation is 1. The standard InChI is InChI=1S/C33H28ClN3O/c1-2-37-29-10-6-3-7-24(29)25-17-21(13-16-30(25)37)33-32-28(35-26-8-4-5-9-27(26)36-33)18-22(19-31(32)38)20-11-14-23(34)15-12-20/h3-17,22,33,35-36H,2,18-19H2,1H3/t22-,33+/m1/s1. The van der Waals surface area contributed by atoms with Crippen molar-refractivity contribution in [3.63, 3.8) is 0 Å². The fourth-order valence-electron chi connectivity index (χ4n) is 6.30. The third kappa shape index (κ3) is 3.71.